The van der Waals surface area contributed by atoms with Crippen LogP contribution >= 0.6 is 11.3 Å². The van der Waals surface area contributed by atoms with Crippen molar-refractivity contribution in [3.05, 3.63) is 11.1 Å². The SMILES string of the molecule is Nc1nc(CC2CNCCN2)cs1.O=C(O)C(F)(F)F. The fourth-order valence-corrected chi connectivity index (χ4v) is 2.10. The highest BCUT2D eigenvalue weighted by atomic mass is 32.1. The molecule has 0 aliphatic carbocycles. The Bertz CT molecular complexity index is 432. The predicted octanol–water partition coefficient (Wildman–Crippen LogP) is 0.462. The molecule has 0 aromatic carbocycles. The van der Waals surface area contributed by atoms with Gasteiger partial charge in [0.15, 0.2) is 5.13 Å². The summed E-state index contributed by atoms with van der Waals surface area (Å²) < 4.78 is 31.7. The Kier molecular flexibility index (Phi) is 6.17. The molecule has 1 aliphatic heterocycles. The summed E-state index contributed by atoms with van der Waals surface area (Å²) in [7, 11) is 0. The van der Waals surface area contributed by atoms with Gasteiger partial charge in [0.1, 0.15) is 0 Å². The van der Waals surface area contributed by atoms with Gasteiger partial charge in [-0.3, -0.25) is 0 Å². The molecule has 10 heteroatoms. The molecule has 1 fully saturated rings. The standard InChI is InChI=1S/C8H14N4S.C2HF3O2/c9-8-12-7(5-13-8)3-6-4-10-1-2-11-6;3-2(4,5)1(6)7/h5-6,10-11H,1-4H2,(H2,9,12);(H,6,7). The van der Waals surface area contributed by atoms with E-state index in [1.165, 1.54) is 11.3 Å². The Morgan fingerprint density at radius 1 is 1.55 bits per heavy atom. The summed E-state index contributed by atoms with van der Waals surface area (Å²) in [6.45, 7) is 3.14. The highest BCUT2D eigenvalue weighted by Gasteiger charge is 2.38. The lowest BCUT2D eigenvalue weighted by atomic mass is 10.1. The zero-order valence-electron chi connectivity index (χ0n) is 10.4. The number of hydrogen-bond acceptors (Lipinski definition) is 6. The Labute approximate surface area is 117 Å². The van der Waals surface area contributed by atoms with E-state index in [2.05, 4.69) is 15.6 Å². The molecule has 1 aliphatic rings. The Morgan fingerprint density at radius 3 is 2.60 bits per heavy atom. The van der Waals surface area contributed by atoms with E-state index < -0.39 is 12.1 Å². The first kappa shape index (κ1) is 16.7. The van der Waals surface area contributed by atoms with Gasteiger partial charge in [0, 0.05) is 37.5 Å². The number of thiazole rings is 1. The number of nitrogens with two attached hydrogens (primary N) is 1. The number of anilines is 1. The lowest BCUT2D eigenvalue weighted by molar-refractivity contribution is -0.192. The van der Waals surface area contributed by atoms with Crippen LogP contribution in [0.15, 0.2) is 5.38 Å². The lowest BCUT2D eigenvalue weighted by Crippen LogP contribution is -2.49. The van der Waals surface area contributed by atoms with Crippen molar-refractivity contribution in [3.8, 4) is 0 Å². The molecule has 1 aromatic rings. The van der Waals surface area contributed by atoms with Gasteiger partial charge in [0.2, 0.25) is 0 Å². The van der Waals surface area contributed by atoms with Gasteiger partial charge in [-0.05, 0) is 0 Å². The van der Waals surface area contributed by atoms with Crippen molar-refractivity contribution in [2.75, 3.05) is 25.4 Å². The zero-order chi connectivity index (χ0) is 15.2. The van der Waals surface area contributed by atoms with Crippen LogP contribution in [0.25, 0.3) is 0 Å². The molecule has 0 spiro atoms. The van der Waals surface area contributed by atoms with Crippen LogP contribution in [0.1, 0.15) is 5.69 Å². The fourth-order valence-electron chi connectivity index (χ4n) is 1.53. The topological polar surface area (TPSA) is 100 Å². The molecule has 0 bridgehead atoms. The van der Waals surface area contributed by atoms with Gasteiger partial charge >= 0.3 is 12.1 Å². The number of aromatic nitrogens is 1. The second-order valence-electron chi connectivity index (χ2n) is 4.04. The molecule has 1 unspecified atom stereocenters. The lowest BCUT2D eigenvalue weighted by Gasteiger charge is -2.23. The van der Waals surface area contributed by atoms with E-state index in [0.29, 0.717) is 11.2 Å². The number of piperazine rings is 1. The molecule has 114 valence electrons. The van der Waals surface area contributed by atoms with Crippen molar-refractivity contribution in [1.29, 1.82) is 0 Å². The second-order valence-corrected chi connectivity index (χ2v) is 4.93. The maximum Gasteiger partial charge on any atom is 0.490 e. The molecule has 0 radical (unpaired) electrons. The number of aliphatic carboxylic acids is 1. The quantitative estimate of drug-likeness (QED) is 0.633. The highest BCUT2D eigenvalue weighted by molar-refractivity contribution is 7.13. The van der Waals surface area contributed by atoms with E-state index in [-0.39, 0.29) is 0 Å². The number of rotatable bonds is 2. The number of carboxylic acids is 1. The van der Waals surface area contributed by atoms with Crippen LogP contribution in [0.5, 0.6) is 0 Å². The molecule has 1 atom stereocenters. The molecular formula is C10H15F3N4O2S. The summed E-state index contributed by atoms with van der Waals surface area (Å²) in [5, 5.41) is 16.6. The number of alkyl halides is 3. The minimum atomic E-state index is -5.08. The first-order chi connectivity index (χ1) is 9.29. The zero-order valence-corrected chi connectivity index (χ0v) is 11.2. The third-order valence-corrected chi connectivity index (χ3v) is 3.12. The van der Waals surface area contributed by atoms with Gasteiger partial charge < -0.3 is 21.5 Å². The molecular weight excluding hydrogens is 297 g/mol. The average molecular weight is 312 g/mol. The van der Waals surface area contributed by atoms with Gasteiger partial charge in [0.05, 0.1) is 5.69 Å². The maximum atomic E-state index is 10.6. The maximum absolute atomic E-state index is 10.6. The summed E-state index contributed by atoms with van der Waals surface area (Å²) in [4.78, 5) is 13.1. The van der Waals surface area contributed by atoms with Crippen LogP contribution in [0, 0.1) is 0 Å². The molecule has 2 heterocycles. The van der Waals surface area contributed by atoms with Crippen molar-refractivity contribution in [2.24, 2.45) is 0 Å². The van der Waals surface area contributed by atoms with Gasteiger partial charge in [-0.25, -0.2) is 9.78 Å². The molecule has 20 heavy (non-hydrogen) atoms. The minimum absolute atomic E-state index is 0.509. The number of hydrogen-bond donors (Lipinski definition) is 4. The van der Waals surface area contributed by atoms with E-state index in [1.54, 1.807) is 0 Å². The number of carbonyl (C=O) groups is 1. The van der Waals surface area contributed by atoms with Crippen molar-refractivity contribution < 1.29 is 23.1 Å². The third-order valence-electron chi connectivity index (χ3n) is 2.39. The van der Waals surface area contributed by atoms with Crippen molar-refractivity contribution >= 4 is 22.4 Å². The van der Waals surface area contributed by atoms with E-state index in [9.17, 15) is 13.2 Å². The van der Waals surface area contributed by atoms with E-state index in [4.69, 9.17) is 15.6 Å². The van der Waals surface area contributed by atoms with Gasteiger partial charge in [0.25, 0.3) is 0 Å². The molecule has 1 saturated heterocycles. The number of nitrogens with one attached hydrogen (secondary N) is 2. The molecule has 2 rings (SSSR count). The molecule has 0 amide bonds. The third kappa shape index (κ3) is 6.17. The minimum Gasteiger partial charge on any atom is -0.475 e. The Hall–Kier alpha value is -1.39. The van der Waals surface area contributed by atoms with Crippen LogP contribution in [-0.4, -0.2) is 47.9 Å². The van der Waals surface area contributed by atoms with Crippen LogP contribution in [0.2, 0.25) is 0 Å². The molecule has 6 nitrogen and oxygen atoms in total. The average Bonchev–Trinajstić information content (AvgIpc) is 2.75. The predicted molar refractivity (Wildman–Crippen MR) is 68.6 cm³/mol. The first-order valence-corrected chi connectivity index (χ1v) is 6.61. The first-order valence-electron chi connectivity index (χ1n) is 5.73. The van der Waals surface area contributed by atoms with Crippen LogP contribution in [-0.2, 0) is 11.2 Å². The van der Waals surface area contributed by atoms with E-state index >= 15 is 0 Å². The van der Waals surface area contributed by atoms with Gasteiger partial charge in [-0.15, -0.1) is 11.3 Å². The number of carboxylic acid groups (broad SMARTS) is 1. The number of halogens is 3. The van der Waals surface area contributed by atoms with Crippen LogP contribution in [0.3, 0.4) is 0 Å². The smallest absolute Gasteiger partial charge is 0.475 e. The van der Waals surface area contributed by atoms with Crippen molar-refractivity contribution in [3.63, 3.8) is 0 Å². The summed E-state index contributed by atoms with van der Waals surface area (Å²) in [5.41, 5.74) is 6.66. The summed E-state index contributed by atoms with van der Waals surface area (Å²) in [5.74, 6) is -2.76. The second kappa shape index (κ2) is 7.41. The number of nitrogens with zero attached hydrogens (tertiary/aromatic N) is 1. The van der Waals surface area contributed by atoms with Crippen LogP contribution < -0.4 is 16.4 Å². The monoisotopic (exact) mass is 312 g/mol. The number of nitrogen functional groups attached to an aromatic ring is 1. The normalized spacial score (nSPS) is 19.1. The van der Waals surface area contributed by atoms with E-state index in [1.807, 2.05) is 5.38 Å². The van der Waals surface area contributed by atoms with E-state index in [0.717, 1.165) is 31.7 Å². The highest BCUT2D eigenvalue weighted by Crippen LogP contribution is 2.13. The van der Waals surface area contributed by atoms with Gasteiger partial charge in [-0.1, -0.05) is 0 Å². The Balaban J connectivity index is 0.000000246. The van der Waals surface area contributed by atoms with Gasteiger partial charge in [-0.2, -0.15) is 13.2 Å². The molecule has 0 saturated carbocycles. The van der Waals surface area contributed by atoms with Crippen LogP contribution in [0.4, 0.5) is 18.3 Å². The Morgan fingerprint density at radius 2 is 2.20 bits per heavy atom. The fraction of sp³-hybridized carbons (Fsp3) is 0.600. The molecule has 1 aromatic heterocycles. The molecule has 5 N–H and O–H groups in total. The van der Waals surface area contributed by atoms with Crippen molar-refractivity contribution in [1.82, 2.24) is 15.6 Å². The summed E-state index contributed by atoms with van der Waals surface area (Å²) in [6, 6.07) is 0.509. The summed E-state index contributed by atoms with van der Waals surface area (Å²) in [6.07, 6.45) is -4.11. The summed E-state index contributed by atoms with van der Waals surface area (Å²) >= 11 is 1.51. The largest absolute Gasteiger partial charge is 0.490 e. The van der Waals surface area contributed by atoms with Crippen molar-refractivity contribution in [2.45, 2.75) is 18.6 Å².